The standard InChI is InChI=1S/C7H9ClN2O/c1-10-6(8)3-2-5(4-9)7(10)11/h2-3H,4,9H2,1H3. The van der Waals surface area contributed by atoms with E-state index in [0.717, 1.165) is 0 Å². The van der Waals surface area contributed by atoms with E-state index in [0.29, 0.717) is 10.7 Å². The maximum atomic E-state index is 11.2. The molecule has 4 heteroatoms. The molecule has 11 heavy (non-hydrogen) atoms. The van der Waals surface area contributed by atoms with E-state index in [9.17, 15) is 4.79 Å². The molecule has 0 atom stereocenters. The van der Waals surface area contributed by atoms with Crippen LogP contribution in [-0.2, 0) is 13.6 Å². The molecular weight excluding hydrogens is 164 g/mol. The summed E-state index contributed by atoms with van der Waals surface area (Å²) in [6.07, 6.45) is 0. The van der Waals surface area contributed by atoms with Gasteiger partial charge >= 0.3 is 0 Å². The number of hydrogen-bond donors (Lipinski definition) is 1. The van der Waals surface area contributed by atoms with E-state index in [1.165, 1.54) is 4.57 Å². The Morgan fingerprint density at radius 3 is 2.82 bits per heavy atom. The molecule has 1 aromatic rings. The van der Waals surface area contributed by atoms with Crippen molar-refractivity contribution in [3.63, 3.8) is 0 Å². The summed E-state index contributed by atoms with van der Waals surface area (Å²) in [7, 11) is 1.61. The van der Waals surface area contributed by atoms with Gasteiger partial charge in [-0.05, 0) is 12.1 Å². The highest BCUT2D eigenvalue weighted by atomic mass is 35.5. The number of halogens is 1. The minimum absolute atomic E-state index is 0.125. The molecule has 0 fully saturated rings. The summed E-state index contributed by atoms with van der Waals surface area (Å²) in [5.74, 6) is 0. The van der Waals surface area contributed by atoms with Gasteiger partial charge in [-0.1, -0.05) is 11.6 Å². The van der Waals surface area contributed by atoms with E-state index in [1.807, 2.05) is 0 Å². The molecule has 0 aliphatic carbocycles. The Kier molecular flexibility index (Phi) is 2.31. The minimum Gasteiger partial charge on any atom is -0.326 e. The summed E-state index contributed by atoms with van der Waals surface area (Å²) in [6, 6.07) is 3.30. The zero-order valence-electron chi connectivity index (χ0n) is 6.17. The average Bonchev–Trinajstić information content (AvgIpc) is 2.01. The molecular formula is C7H9ClN2O. The molecule has 0 aliphatic heterocycles. The molecule has 3 nitrogen and oxygen atoms in total. The molecule has 1 aromatic heterocycles. The predicted octanol–water partition coefficient (Wildman–Crippen LogP) is 0.497. The first-order valence-corrected chi connectivity index (χ1v) is 3.59. The molecule has 0 aliphatic rings. The maximum absolute atomic E-state index is 11.2. The molecule has 0 radical (unpaired) electrons. The lowest BCUT2D eigenvalue weighted by Gasteiger charge is -2.02. The Balaban J connectivity index is 3.37. The van der Waals surface area contributed by atoms with Crippen molar-refractivity contribution in [2.45, 2.75) is 6.54 Å². The molecule has 0 amide bonds. The second-order valence-electron chi connectivity index (χ2n) is 2.25. The highest BCUT2D eigenvalue weighted by Crippen LogP contribution is 2.03. The fraction of sp³-hybridized carbons (Fsp3) is 0.286. The van der Waals surface area contributed by atoms with Crippen molar-refractivity contribution in [3.8, 4) is 0 Å². The first-order chi connectivity index (χ1) is 5.16. The van der Waals surface area contributed by atoms with Gasteiger partial charge in [-0.15, -0.1) is 0 Å². The van der Waals surface area contributed by atoms with Gasteiger partial charge in [0.25, 0.3) is 5.56 Å². The van der Waals surface area contributed by atoms with Crippen LogP contribution in [0.2, 0.25) is 5.15 Å². The molecule has 2 N–H and O–H groups in total. The van der Waals surface area contributed by atoms with Gasteiger partial charge in [-0.25, -0.2) is 0 Å². The van der Waals surface area contributed by atoms with Crippen LogP contribution in [0.4, 0.5) is 0 Å². The van der Waals surface area contributed by atoms with Gasteiger partial charge in [0.2, 0.25) is 0 Å². The predicted molar refractivity (Wildman–Crippen MR) is 44.6 cm³/mol. The summed E-state index contributed by atoms with van der Waals surface area (Å²) in [6.45, 7) is 0.254. The maximum Gasteiger partial charge on any atom is 0.255 e. The van der Waals surface area contributed by atoms with Gasteiger partial charge in [0, 0.05) is 19.2 Å². The van der Waals surface area contributed by atoms with E-state index < -0.39 is 0 Å². The molecule has 60 valence electrons. The smallest absolute Gasteiger partial charge is 0.255 e. The number of pyridine rings is 1. The lowest BCUT2D eigenvalue weighted by Crippen LogP contribution is -2.22. The first-order valence-electron chi connectivity index (χ1n) is 3.21. The van der Waals surface area contributed by atoms with Crippen LogP contribution in [0.1, 0.15) is 5.56 Å². The minimum atomic E-state index is -0.125. The van der Waals surface area contributed by atoms with Crippen molar-refractivity contribution in [3.05, 3.63) is 33.2 Å². The summed E-state index contributed by atoms with van der Waals surface area (Å²) in [5, 5.41) is 0.423. The number of rotatable bonds is 1. The van der Waals surface area contributed by atoms with Crippen LogP contribution in [0.3, 0.4) is 0 Å². The van der Waals surface area contributed by atoms with Gasteiger partial charge in [0.15, 0.2) is 0 Å². The van der Waals surface area contributed by atoms with Crippen LogP contribution in [0.25, 0.3) is 0 Å². The molecule has 0 saturated carbocycles. The van der Waals surface area contributed by atoms with Gasteiger partial charge in [-0.2, -0.15) is 0 Å². The largest absolute Gasteiger partial charge is 0.326 e. The quantitative estimate of drug-likeness (QED) is 0.627. The third-order valence-electron chi connectivity index (χ3n) is 1.54. The second kappa shape index (κ2) is 3.07. The van der Waals surface area contributed by atoms with E-state index >= 15 is 0 Å². The topological polar surface area (TPSA) is 48.0 Å². The van der Waals surface area contributed by atoms with Crippen molar-refractivity contribution in [2.24, 2.45) is 12.8 Å². The van der Waals surface area contributed by atoms with Crippen molar-refractivity contribution in [2.75, 3.05) is 0 Å². The highest BCUT2D eigenvalue weighted by Gasteiger charge is 2.00. The Hall–Kier alpha value is -0.800. The van der Waals surface area contributed by atoms with Crippen LogP contribution in [0.15, 0.2) is 16.9 Å². The van der Waals surface area contributed by atoms with Gasteiger partial charge in [0.1, 0.15) is 5.15 Å². The molecule has 0 saturated heterocycles. The average molecular weight is 173 g/mol. The van der Waals surface area contributed by atoms with E-state index in [2.05, 4.69) is 0 Å². The highest BCUT2D eigenvalue weighted by molar-refractivity contribution is 6.29. The zero-order valence-corrected chi connectivity index (χ0v) is 6.93. The summed E-state index contributed by atoms with van der Waals surface area (Å²) < 4.78 is 1.36. The molecule has 0 aromatic carbocycles. The number of nitrogens with two attached hydrogens (primary N) is 1. The Morgan fingerprint density at radius 2 is 2.27 bits per heavy atom. The number of aromatic nitrogens is 1. The molecule has 0 unspecified atom stereocenters. The molecule has 1 rings (SSSR count). The lowest BCUT2D eigenvalue weighted by molar-refractivity contribution is 0.831. The van der Waals surface area contributed by atoms with Crippen molar-refractivity contribution >= 4 is 11.6 Å². The van der Waals surface area contributed by atoms with Gasteiger partial charge < -0.3 is 10.3 Å². The number of nitrogens with zero attached hydrogens (tertiary/aromatic N) is 1. The van der Waals surface area contributed by atoms with Crippen LogP contribution in [0.5, 0.6) is 0 Å². The normalized spacial score (nSPS) is 10.1. The van der Waals surface area contributed by atoms with Crippen LogP contribution < -0.4 is 11.3 Å². The van der Waals surface area contributed by atoms with Crippen LogP contribution in [-0.4, -0.2) is 4.57 Å². The lowest BCUT2D eigenvalue weighted by atomic mass is 10.3. The van der Waals surface area contributed by atoms with Crippen molar-refractivity contribution in [1.29, 1.82) is 0 Å². The summed E-state index contributed by atoms with van der Waals surface area (Å²) >= 11 is 5.67. The number of hydrogen-bond acceptors (Lipinski definition) is 2. The van der Waals surface area contributed by atoms with Crippen LogP contribution in [0, 0.1) is 0 Å². The molecule has 0 bridgehead atoms. The van der Waals surface area contributed by atoms with Crippen LogP contribution >= 0.6 is 11.6 Å². The van der Waals surface area contributed by atoms with Crippen molar-refractivity contribution < 1.29 is 0 Å². The Bertz CT molecular complexity index is 319. The zero-order chi connectivity index (χ0) is 8.43. The summed E-state index contributed by atoms with van der Waals surface area (Å²) in [4.78, 5) is 11.2. The molecule has 1 heterocycles. The van der Waals surface area contributed by atoms with E-state index in [1.54, 1.807) is 19.2 Å². The third-order valence-corrected chi connectivity index (χ3v) is 1.92. The fourth-order valence-corrected chi connectivity index (χ4v) is 0.960. The van der Waals surface area contributed by atoms with E-state index in [-0.39, 0.29) is 12.1 Å². The second-order valence-corrected chi connectivity index (χ2v) is 2.64. The molecule has 0 spiro atoms. The SMILES string of the molecule is Cn1c(Cl)ccc(CN)c1=O. The fourth-order valence-electron chi connectivity index (χ4n) is 0.820. The monoisotopic (exact) mass is 172 g/mol. The van der Waals surface area contributed by atoms with Crippen molar-refractivity contribution in [1.82, 2.24) is 4.57 Å². The first kappa shape index (κ1) is 8.30. The third kappa shape index (κ3) is 1.44. The van der Waals surface area contributed by atoms with Gasteiger partial charge in [-0.3, -0.25) is 4.79 Å². The summed E-state index contributed by atoms with van der Waals surface area (Å²) in [5.41, 5.74) is 5.77. The Labute approximate surface area is 69.4 Å². The Morgan fingerprint density at radius 1 is 1.64 bits per heavy atom. The van der Waals surface area contributed by atoms with E-state index in [4.69, 9.17) is 17.3 Å². The van der Waals surface area contributed by atoms with Gasteiger partial charge in [0.05, 0.1) is 0 Å².